The Labute approximate surface area is 207 Å². The monoisotopic (exact) mass is 487 g/mol. The van der Waals surface area contributed by atoms with Crippen molar-refractivity contribution in [2.24, 2.45) is 10.8 Å². The molecule has 4 unspecified atom stereocenters. The third-order valence-electron chi connectivity index (χ3n) is 7.22. The summed E-state index contributed by atoms with van der Waals surface area (Å²) in [6, 6.07) is 13.4. The number of carbonyl (C=O) groups is 3. The molecule has 0 amide bonds. The fourth-order valence-corrected chi connectivity index (χ4v) is 5.93. The van der Waals surface area contributed by atoms with Crippen LogP contribution in [0.2, 0.25) is 0 Å². The van der Waals surface area contributed by atoms with Gasteiger partial charge in [-0.15, -0.1) is 0 Å². The van der Waals surface area contributed by atoms with Crippen molar-refractivity contribution in [1.82, 2.24) is 24.8 Å². The zero-order valence-electron chi connectivity index (χ0n) is 19.6. The number of hydrogen-bond acceptors (Lipinski definition) is 8. The molecule has 2 bridgehead atoms. The first-order valence-corrected chi connectivity index (χ1v) is 11.5. The first kappa shape index (κ1) is 23.7. The molecule has 2 aliphatic rings. The number of piperidine rings is 2. The maximum Gasteiger partial charge on any atom is 0.320 e. The van der Waals surface area contributed by atoms with Crippen LogP contribution in [-0.4, -0.2) is 72.8 Å². The number of ketones is 1. The second-order valence-electron chi connectivity index (χ2n) is 9.36. The van der Waals surface area contributed by atoms with E-state index in [4.69, 9.17) is 0 Å². The second-order valence-corrected chi connectivity index (χ2v) is 9.36. The molecule has 0 aromatic carbocycles. The minimum Gasteiger partial charge on any atom is -0.480 e. The van der Waals surface area contributed by atoms with Crippen molar-refractivity contribution in [3.05, 3.63) is 90.3 Å². The van der Waals surface area contributed by atoms with Crippen molar-refractivity contribution in [2.45, 2.75) is 18.6 Å². The highest BCUT2D eigenvalue weighted by Crippen LogP contribution is 2.60. The van der Waals surface area contributed by atoms with Gasteiger partial charge in [0, 0.05) is 38.2 Å². The molecule has 0 saturated carbocycles. The summed E-state index contributed by atoms with van der Waals surface area (Å²) >= 11 is 0. The van der Waals surface area contributed by atoms with E-state index in [1.807, 2.05) is 0 Å². The van der Waals surface area contributed by atoms with Crippen molar-refractivity contribution in [3.8, 4) is 0 Å². The number of pyridine rings is 3. The molecular weight excluding hydrogens is 462 g/mol. The van der Waals surface area contributed by atoms with Gasteiger partial charge in [-0.2, -0.15) is 0 Å². The van der Waals surface area contributed by atoms with Crippen molar-refractivity contribution < 1.29 is 24.6 Å². The van der Waals surface area contributed by atoms with Crippen LogP contribution in [0.5, 0.6) is 0 Å². The molecule has 0 aliphatic carbocycles. The first-order chi connectivity index (χ1) is 17.3. The molecule has 10 heteroatoms. The summed E-state index contributed by atoms with van der Waals surface area (Å²) in [4.78, 5) is 57.3. The molecule has 0 spiro atoms. The Morgan fingerprint density at radius 3 is 1.69 bits per heavy atom. The SMILES string of the molecule is CN1CC2(C(=O)O)C(=O)C(C(=O)O)(C1)C(c1ccccn1)N(Cc1ccccn1)C2c1ccccn1. The predicted octanol–water partition coefficient (Wildman–Crippen LogP) is 1.83. The quantitative estimate of drug-likeness (QED) is 0.495. The number of hydrogen-bond donors (Lipinski definition) is 2. The number of fused-ring (bicyclic) bond motifs is 2. The normalized spacial score (nSPS) is 28.5. The number of carboxylic acid groups (broad SMARTS) is 2. The maximum atomic E-state index is 14.4. The summed E-state index contributed by atoms with van der Waals surface area (Å²) in [6.07, 6.45) is 4.69. The lowest BCUT2D eigenvalue weighted by atomic mass is 9.54. The molecule has 3 aromatic heterocycles. The van der Waals surface area contributed by atoms with E-state index in [9.17, 15) is 24.6 Å². The number of aliphatic carboxylic acids is 2. The first-order valence-electron chi connectivity index (χ1n) is 11.5. The average Bonchev–Trinajstić information content (AvgIpc) is 2.87. The number of likely N-dealkylation sites (tertiary alicyclic amines) is 2. The number of carbonyl (C=O) groups excluding carboxylic acids is 1. The lowest BCUT2D eigenvalue weighted by molar-refractivity contribution is -0.203. The third-order valence-corrected chi connectivity index (χ3v) is 7.22. The highest BCUT2D eigenvalue weighted by molar-refractivity contribution is 6.17. The van der Waals surface area contributed by atoms with Gasteiger partial charge >= 0.3 is 11.9 Å². The smallest absolute Gasteiger partial charge is 0.320 e. The fraction of sp³-hybridized carbons (Fsp3) is 0.308. The highest BCUT2D eigenvalue weighted by Gasteiger charge is 2.75. The summed E-state index contributed by atoms with van der Waals surface area (Å²) in [5.41, 5.74) is -2.85. The zero-order valence-corrected chi connectivity index (χ0v) is 19.6. The van der Waals surface area contributed by atoms with Gasteiger partial charge < -0.3 is 15.1 Å². The number of Topliss-reactive ketones (excluding diaryl/α,β-unsaturated/α-hetero) is 1. The van der Waals surface area contributed by atoms with Crippen LogP contribution in [0.1, 0.15) is 29.2 Å². The number of carboxylic acids is 2. The summed E-state index contributed by atoms with van der Waals surface area (Å²) in [5.74, 6) is -3.60. The molecule has 10 nitrogen and oxygen atoms in total. The van der Waals surface area contributed by atoms with E-state index < -0.39 is 40.6 Å². The van der Waals surface area contributed by atoms with Crippen molar-refractivity contribution in [2.75, 3.05) is 20.1 Å². The Morgan fingerprint density at radius 2 is 1.31 bits per heavy atom. The van der Waals surface area contributed by atoms with E-state index in [1.54, 1.807) is 77.6 Å². The predicted molar refractivity (Wildman–Crippen MR) is 126 cm³/mol. The zero-order chi connectivity index (χ0) is 25.5. The fourth-order valence-electron chi connectivity index (χ4n) is 5.93. The van der Waals surface area contributed by atoms with Crippen LogP contribution in [0, 0.1) is 10.8 Å². The maximum absolute atomic E-state index is 14.4. The highest BCUT2D eigenvalue weighted by atomic mass is 16.4. The van der Waals surface area contributed by atoms with Crippen molar-refractivity contribution >= 4 is 17.7 Å². The van der Waals surface area contributed by atoms with Gasteiger partial charge in [0.05, 0.1) is 29.2 Å². The van der Waals surface area contributed by atoms with Gasteiger partial charge in [0.15, 0.2) is 16.6 Å². The number of rotatable bonds is 6. The molecule has 2 fully saturated rings. The summed E-state index contributed by atoms with van der Waals surface area (Å²) in [6.45, 7) is -0.236. The van der Waals surface area contributed by atoms with Crippen LogP contribution in [0.3, 0.4) is 0 Å². The van der Waals surface area contributed by atoms with E-state index in [0.29, 0.717) is 17.1 Å². The summed E-state index contributed by atoms with van der Waals surface area (Å²) < 4.78 is 0. The van der Waals surface area contributed by atoms with Gasteiger partial charge in [-0.1, -0.05) is 18.2 Å². The van der Waals surface area contributed by atoms with E-state index in [1.165, 1.54) is 12.4 Å². The van der Waals surface area contributed by atoms with Crippen LogP contribution in [0.4, 0.5) is 0 Å². The summed E-state index contributed by atoms with van der Waals surface area (Å²) in [5, 5.41) is 21.3. The number of nitrogens with zero attached hydrogens (tertiary/aromatic N) is 5. The summed E-state index contributed by atoms with van der Waals surface area (Å²) in [7, 11) is 1.64. The Hall–Kier alpha value is -4.02. The Morgan fingerprint density at radius 1 is 0.833 bits per heavy atom. The van der Waals surface area contributed by atoms with Gasteiger partial charge in [0.1, 0.15) is 0 Å². The Bertz CT molecular complexity index is 1210. The van der Waals surface area contributed by atoms with E-state index in [2.05, 4.69) is 15.0 Å². The van der Waals surface area contributed by atoms with E-state index in [-0.39, 0.29) is 19.6 Å². The topological polar surface area (TPSA) is 137 Å². The van der Waals surface area contributed by atoms with Crippen LogP contribution in [0.15, 0.2) is 73.2 Å². The van der Waals surface area contributed by atoms with Gasteiger partial charge in [-0.05, 0) is 43.4 Å². The standard InChI is InChI=1S/C26H25N5O5/c1-30-15-25(23(33)34)20(18-9-3-6-12-28-18)31(14-17-8-2-5-11-27-17)21(19-10-4-7-13-29-19)26(16-30,22(25)32)24(35)36/h2-13,20-21H,14-16H2,1H3,(H,33,34)(H,35,36). The van der Waals surface area contributed by atoms with Crippen LogP contribution in [0.25, 0.3) is 0 Å². The molecule has 36 heavy (non-hydrogen) atoms. The van der Waals surface area contributed by atoms with Crippen LogP contribution < -0.4 is 0 Å². The molecular formula is C26H25N5O5. The second kappa shape index (κ2) is 8.89. The number of aromatic nitrogens is 3. The minimum absolute atomic E-state index is 0.0877. The van der Waals surface area contributed by atoms with E-state index >= 15 is 0 Å². The van der Waals surface area contributed by atoms with Crippen molar-refractivity contribution in [1.29, 1.82) is 0 Å². The average molecular weight is 488 g/mol. The van der Waals surface area contributed by atoms with Gasteiger partial charge in [0.25, 0.3) is 0 Å². The van der Waals surface area contributed by atoms with Gasteiger partial charge in [0.2, 0.25) is 0 Å². The van der Waals surface area contributed by atoms with Crippen LogP contribution in [-0.2, 0) is 20.9 Å². The molecule has 3 aromatic rings. The molecule has 5 rings (SSSR count). The van der Waals surface area contributed by atoms with Gasteiger partial charge in [-0.3, -0.25) is 34.2 Å². The van der Waals surface area contributed by atoms with Crippen molar-refractivity contribution in [3.63, 3.8) is 0 Å². The largest absolute Gasteiger partial charge is 0.480 e. The molecule has 5 heterocycles. The molecule has 0 radical (unpaired) electrons. The lowest BCUT2D eigenvalue weighted by Gasteiger charge is -2.60. The van der Waals surface area contributed by atoms with E-state index in [0.717, 1.165) is 0 Å². The van der Waals surface area contributed by atoms with Crippen LogP contribution >= 0.6 is 0 Å². The molecule has 2 aliphatic heterocycles. The minimum atomic E-state index is -2.08. The lowest BCUT2D eigenvalue weighted by Crippen LogP contribution is -2.75. The molecule has 184 valence electrons. The molecule has 2 saturated heterocycles. The van der Waals surface area contributed by atoms with Gasteiger partial charge in [-0.25, -0.2) is 0 Å². The molecule has 2 N–H and O–H groups in total. The third kappa shape index (κ3) is 3.41. The Balaban J connectivity index is 1.86. The molecule has 4 atom stereocenters. The Kier molecular flexibility index (Phi) is 5.85.